The molecule has 1 unspecified atom stereocenters. The van der Waals surface area contributed by atoms with Crippen LogP contribution in [0.25, 0.3) is 22.2 Å². The van der Waals surface area contributed by atoms with Crippen molar-refractivity contribution >= 4 is 22.7 Å². The normalized spacial score (nSPS) is 16.7. The van der Waals surface area contributed by atoms with Crippen LogP contribution in [-0.2, 0) is 10.9 Å². The topological polar surface area (TPSA) is 100 Å². The molecule has 1 aliphatic heterocycles. The molecule has 0 fully saturated rings. The highest BCUT2D eigenvalue weighted by atomic mass is 19.4. The second-order valence-electron chi connectivity index (χ2n) is 6.02. The molecule has 27 heavy (non-hydrogen) atoms. The first kappa shape index (κ1) is 17.3. The number of carbonyl (C=O) groups excluding carboxylic acids is 1. The molecule has 0 aliphatic carbocycles. The monoisotopic (exact) mass is 378 g/mol. The number of aromatic amines is 1. The van der Waals surface area contributed by atoms with Crippen molar-refractivity contribution in [3.8, 4) is 11.3 Å². The number of pyridine rings is 1. The molecule has 3 heterocycles. The zero-order valence-electron chi connectivity index (χ0n) is 13.7. The van der Waals surface area contributed by atoms with Crippen LogP contribution < -0.4 is 5.32 Å². The number of aliphatic hydroxyl groups excluding tert-OH is 1. The van der Waals surface area contributed by atoms with Gasteiger partial charge in [0.2, 0.25) is 0 Å². The molecule has 7 nitrogen and oxygen atoms in total. The largest absolute Gasteiger partial charge is 0.441 e. The van der Waals surface area contributed by atoms with Crippen molar-refractivity contribution < 1.29 is 27.8 Å². The van der Waals surface area contributed by atoms with Crippen LogP contribution in [0.3, 0.4) is 0 Å². The average molecular weight is 378 g/mol. The van der Waals surface area contributed by atoms with Crippen LogP contribution in [0.2, 0.25) is 0 Å². The Labute approximate surface area is 150 Å². The van der Waals surface area contributed by atoms with Crippen molar-refractivity contribution in [2.24, 2.45) is 0 Å². The minimum Gasteiger partial charge on any atom is -0.441 e. The van der Waals surface area contributed by atoms with Crippen molar-refractivity contribution in [3.63, 3.8) is 0 Å². The molecule has 3 N–H and O–H groups in total. The number of cyclic esters (lactones) is 1. The van der Waals surface area contributed by atoms with Gasteiger partial charge in [0.25, 0.3) is 0 Å². The molecule has 0 saturated carbocycles. The van der Waals surface area contributed by atoms with Crippen LogP contribution in [0.1, 0.15) is 23.8 Å². The van der Waals surface area contributed by atoms with Crippen molar-refractivity contribution in [1.82, 2.24) is 15.2 Å². The average Bonchev–Trinajstić information content (AvgIpc) is 3.02. The van der Waals surface area contributed by atoms with Gasteiger partial charge in [0.15, 0.2) is 0 Å². The molecule has 4 rings (SSSR count). The Hall–Kier alpha value is -3.14. The minimum atomic E-state index is -4.56. The van der Waals surface area contributed by atoms with E-state index < -0.39 is 24.1 Å². The summed E-state index contributed by atoms with van der Waals surface area (Å²) in [6.45, 7) is -0.188. The van der Waals surface area contributed by atoms with E-state index in [-0.39, 0.29) is 18.6 Å². The van der Waals surface area contributed by atoms with Gasteiger partial charge in [0.1, 0.15) is 17.5 Å². The van der Waals surface area contributed by atoms with Gasteiger partial charge in [-0.2, -0.15) is 18.3 Å². The number of halogens is 3. The molecule has 1 amide bonds. The third-order valence-corrected chi connectivity index (χ3v) is 4.28. The number of rotatable bonds is 3. The first-order valence-electron chi connectivity index (χ1n) is 8.01. The van der Waals surface area contributed by atoms with E-state index in [1.807, 2.05) is 0 Å². The molecule has 1 atom stereocenters. The second kappa shape index (κ2) is 6.23. The van der Waals surface area contributed by atoms with Crippen molar-refractivity contribution in [2.45, 2.75) is 18.7 Å². The van der Waals surface area contributed by atoms with E-state index >= 15 is 0 Å². The van der Waals surface area contributed by atoms with Crippen molar-refractivity contribution in [3.05, 3.63) is 41.7 Å². The number of aliphatic hydroxyl groups is 1. The number of hydrogen-bond acceptors (Lipinski definition) is 5. The van der Waals surface area contributed by atoms with Crippen molar-refractivity contribution in [1.29, 1.82) is 0 Å². The number of alkyl halides is 3. The summed E-state index contributed by atoms with van der Waals surface area (Å²) in [5.41, 5.74) is 1.22. The Kier molecular flexibility index (Phi) is 3.99. The Balaban J connectivity index is 1.85. The lowest BCUT2D eigenvalue weighted by Gasteiger charge is -2.25. The summed E-state index contributed by atoms with van der Waals surface area (Å²) in [5.74, 6) is 0. The maximum atomic E-state index is 13.0. The van der Waals surface area contributed by atoms with Gasteiger partial charge in [0.05, 0.1) is 11.2 Å². The second-order valence-corrected chi connectivity index (χ2v) is 6.02. The zero-order chi connectivity index (χ0) is 19.2. The van der Waals surface area contributed by atoms with Crippen molar-refractivity contribution in [2.75, 3.05) is 11.9 Å². The van der Waals surface area contributed by atoms with E-state index in [1.165, 1.54) is 6.07 Å². The number of nitrogens with one attached hydrogen (secondary N) is 2. The van der Waals surface area contributed by atoms with E-state index in [4.69, 9.17) is 4.74 Å². The molecule has 0 bridgehead atoms. The van der Waals surface area contributed by atoms with Crippen LogP contribution in [0.15, 0.2) is 30.5 Å². The summed E-state index contributed by atoms with van der Waals surface area (Å²) >= 11 is 0. The summed E-state index contributed by atoms with van der Waals surface area (Å²) in [7, 11) is 0. The molecular formula is C17H13F3N4O3. The lowest BCUT2D eigenvalue weighted by Crippen LogP contribution is -2.25. The Morgan fingerprint density at radius 3 is 2.81 bits per heavy atom. The summed E-state index contributed by atoms with van der Waals surface area (Å²) in [4.78, 5) is 15.0. The van der Waals surface area contributed by atoms with E-state index in [1.54, 1.807) is 12.1 Å². The summed E-state index contributed by atoms with van der Waals surface area (Å²) in [5, 5.41) is 19.2. The Morgan fingerprint density at radius 1 is 1.26 bits per heavy atom. The SMILES string of the molecule is O=C1Nc2cc3[nH]nc(-c4ccnc(C(F)(F)F)c4)c3cc2C(CCO)O1. The molecule has 2 aromatic heterocycles. The molecular weight excluding hydrogens is 365 g/mol. The first-order chi connectivity index (χ1) is 12.9. The van der Waals surface area contributed by atoms with Crippen LogP contribution in [-0.4, -0.2) is 33.0 Å². The number of nitrogens with zero attached hydrogens (tertiary/aromatic N) is 2. The van der Waals surface area contributed by atoms with Crippen LogP contribution in [0.4, 0.5) is 23.7 Å². The molecule has 1 aromatic carbocycles. The number of ether oxygens (including phenoxy) is 1. The number of hydrogen-bond donors (Lipinski definition) is 3. The van der Waals surface area contributed by atoms with Gasteiger partial charge in [-0.05, 0) is 24.3 Å². The number of anilines is 1. The van der Waals surface area contributed by atoms with E-state index in [2.05, 4.69) is 20.5 Å². The molecule has 0 saturated heterocycles. The molecule has 140 valence electrons. The predicted octanol–water partition coefficient (Wildman–Crippen LogP) is 3.63. The van der Waals surface area contributed by atoms with E-state index in [0.717, 1.165) is 12.3 Å². The molecule has 1 aliphatic rings. The molecule has 0 radical (unpaired) electrons. The smallest absolute Gasteiger partial charge is 0.433 e. The van der Waals surface area contributed by atoms with Gasteiger partial charge in [-0.1, -0.05) is 0 Å². The van der Waals surface area contributed by atoms with Gasteiger partial charge < -0.3 is 9.84 Å². The van der Waals surface area contributed by atoms with Gasteiger partial charge in [-0.3, -0.25) is 15.4 Å². The first-order valence-corrected chi connectivity index (χ1v) is 8.01. The maximum absolute atomic E-state index is 13.0. The molecule has 0 spiro atoms. The van der Waals surface area contributed by atoms with Crippen LogP contribution in [0.5, 0.6) is 0 Å². The summed E-state index contributed by atoms with van der Waals surface area (Å²) in [6.07, 6.45) is -4.58. The fourth-order valence-electron chi connectivity index (χ4n) is 3.07. The Bertz CT molecular complexity index is 1030. The minimum absolute atomic E-state index is 0.188. The highest BCUT2D eigenvalue weighted by Crippen LogP contribution is 2.38. The third-order valence-electron chi connectivity index (χ3n) is 4.28. The Morgan fingerprint density at radius 2 is 2.07 bits per heavy atom. The van der Waals surface area contributed by atoms with E-state index in [0.29, 0.717) is 27.8 Å². The highest BCUT2D eigenvalue weighted by Gasteiger charge is 2.33. The number of carbonyl (C=O) groups is 1. The van der Waals surface area contributed by atoms with Crippen LogP contribution >= 0.6 is 0 Å². The maximum Gasteiger partial charge on any atom is 0.433 e. The lowest BCUT2D eigenvalue weighted by molar-refractivity contribution is -0.141. The lowest BCUT2D eigenvalue weighted by atomic mass is 9.99. The van der Waals surface area contributed by atoms with Gasteiger partial charge in [-0.25, -0.2) is 4.79 Å². The quantitative estimate of drug-likeness (QED) is 0.646. The zero-order valence-corrected chi connectivity index (χ0v) is 13.7. The molecule has 10 heteroatoms. The molecule has 3 aromatic rings. The highest BCUT2D eigenvalue weighted by molar-refractivity contribution is 5.98. The number of benzene rings is 1. The number of H-pyrrole nitrogens is 1. The van der Waals surface area contributed by atoms with Crippen LogP contribution in [0, 0.1) is 0 Å². The van der Waals surface area contributed by atoms with Gasteiger partial charge >= 0.3 is 12.3 Å². The summed E-state index contributed by atoms with van der Waals surface area (Å²) in [6, 6.07) is 5.70. The fraction of sp³-hybridized carbons (Fsp3) is 0.235. The number of aromatic nitrogens is 3. The third kappa shape index (κ3) is 3.08. The standard InChI is InChI=1S/C17H13F3N4O3/c18-17(19,20)14-5-8(1-3-21-14)15-10-6-9-11(7-12(10)23-24-15)22-16(26)27-13(9)2-4-25/h1,3,5-7,13,25H,2,4H2,(H,22,26)(H,23,24). The predicted molar refractivity (Wildman–Crippen MR) is 88.9 cm³/mol. The number of amides is 1. The van der Waals surface area contributed by atoms with E-state index in [9.17, 15) is 23.1 Å². The number of fused-ring (bicyclic) bond motifs is 2. The summed E-state index contributed by atoms with van der Waals surface area (Å²) < 4.78 is 44.0. The van der Waals surface area contributed by atoms with Gasteiger partial charge in [-0.15, -0.1) is 0 Å². The van der Waals surface area contributed by atoms with Gasteiger partial charge in [0, 0.05) is 35.7 Å². The fourth-order valence-corrected chi connectivity index (χ4v) is 3.07.